The molecule has 1 fully saturated rings. The molecule has 0 spiro atoms. The van der Waals surface area contributed by atoms with E-state index in [9.17, 15) is 19.6 Å². The van der Waals surface area contributed by atoms with Crippen molar-refractivity contribution in [1.29, 1.82) is 5.26 Å². The highest BCUT2D eigenvalue weighted by Gasteiger charge is 2.39. The molecule has 0 bridgehead atoms. The molecule has 0 radical (unpaired) electrons. The van der Waals surface area contributed by atoms with Gasteiger partial charge in [-0.05, 0) is 42.8 Å². The maximum atomic E-state index is 12.9. The Labute approximate surface area is 190 Å². The van der Waals surface area contributed by atoms with Gasteiger partial charge in [-0.1, -0.05) is 18.2 Å². The van der Waals surface area contributed by atoms with Crippen molar-refractivity contribution < 1.29 is 14.4 Å². The third kappa shape index (κ3) is 4.80. The van der Waals surface area contributed by atoms with E-state index >= 15 is 0 Å². The van der Waals surface area contributed by atoms with Crippen molar-refractivity contribution in [2.45, 2.75) is 12.5 Å². The van der Waals surface area contributed by atoms with E-state index in [0.717, 1.165) is 0 Å². The zero-order chi connectivity index (χ0) is 23.4. The van der Waals surface area contributed by atoms with Crippen molar-refractivity contribution in [3.63, 3.8) is 0 Å². The molecule has 1 aromatic carbocycles. The minimum atomic E-state index is -0.725. The van der Waals surface area contributed by atoms with E-state index in [4.69, 9.17) is 0 Å². The van der Waals surface area contributed by atoms with Gasteiger partial charge < -0.3 is 15.1 Å². The van der Waals surface area contributed by atoms with Crippen LogP contribution in [-0.4, -0.2) is 63.7 Å². The molecule has 4 rings (SSSR count). The second-order valence-electron chi connectivity index (χ2n) is 7.88. The third-order valence-corrected chi connectivity index (χ3v) is 5.58. The fraction of sp³-hybridized carbons (Fsp3) is 0.250. The van der Waals surface area contributed by atoms with E-state index in [1.165, 1.54) is 16.8 Å². The molecule has 2 atom stereocenters. The number of aromatic nitrogens is 2. The van der Waals surface area contributed by atoms with Crippen molar-refractivity contribution in [2.24, 2.45) is 5.92 Å². The van der Waals surface area contributed by atoms with Crippen molar-refractivity contribution >= 4 is 34.4 Å². The molecule has 9 heteroatoms. The lowest BCUT2D eigenvalue weighted by Gasteiger charge is -2.23. The summed E-state index contributed by atoms with van der Waals surface area (Å²) in [5.41, 5.74) is 2.11. The zero-order valence-electron chi connectivity index (χ0n) is 18.0. The van der Waals surface area contributed by atoms with E-state index in [1.807, 2.05) is 18.2 Å². The lowest BCUT2D eigenvalue weighted by Crippen LogP contribution is -2.43. The fourth-order valence-corrected chi connectivity index (χ4v) is 3.83. The van der Waals surface area contributed by atoms with E-state index in [-0.39, 0.29) is 31.1 Å². The average molecular weight is 442 g/mol. The third-order valence-electron chi connectivity index (χ3n) is 5.58. The van der Waals surface area contributed by atoms with Crippen LogP contribution in [0.2, 0.25) is 0 Å². The Morgan fingerprint density at radius 3 is 2.67 bits per heavy atom. The summed E-state index contributed by atoms with van der Waals surface area (Å²) in [6, 6.07) is 17.1. The Morgan fingerprint density at radius 2 is 1.91 bits per heavy atom. The van der Waals surface area contributed by atoms with Gasteiger partial charge in [0, 0.05) is 25.5 Å². The van der Waals surface area contributed by atoms with Crippen molar-refractivity contribution in [3.8, 4) is 6.07 Å². The number of carbonyl (C=O) groups excluding carboxylic acids is 3. The first-order valence-electron chi connectivity index (χ1n) is 10.5. The summed E-state index contributed by atoms with van der Waals surface area (Å²) in [6.07, 6.45) is 1.89. The number of pyridine rings is 2. The number of hydrogen-bond donors (Lipinski definition) is 1. The second kappa shape index (κ2) is 9.44. The molecule has 9 nitrogen and oxygen atoms in total. The van der Waals surface area contributed by atoms with Gasteiger partial charge in [-0.25, -0.2) is 4.98 Å². The number of nitrogens with zero attached hydrogens (tertiary/aromatic N) is 5. The maximum Gasteiger partial charge on any atom is 0.272 e. The van der Waals surface area contributed by atoms with Gasteiger partial charge in [0.1, 0.15) is 11.7 Å². The van der Waals surface area contributed by atoms with Gasteiger partial charge >= 0.3 is 0 Å². The molecule has 3 amide bonds. The molecule has 1 aliphatic rings. The number of fused-ring (bicyclic) bond motifs is 1. The van der Waals surface area contributed by atoms with Gasteiger partial charge in [-0.2, -0.15) is 5.26 Å². The van der Waals surface area contributed by atoms with Crippen molar-refractivity contribution in [2.75, 3.05) is 25.5 Å². The van der Waals surface area contributed by atoms with Crippen LogP contribution in [0.15, 0.2) is 60.8 Å². The summed E-state index contributed by atoms with van der Waals surface area (Å²) >= 11 is 0. The summed E-state index contributed by atoms with van der Waals surface area (Å²) in [4.78, 5) is 49.5. The van der Waals surface area contributed by atoms with Crippen LogP contribution >= 0.6 is 0 Å². The molecule has 2 unspecified atom stereocenters. The fourth-order valence-electron chi connectivity index (χ4n) is 3.83. The van der Waals surface area contributed by atoms with Crippen molar-refractivity contribution in [1.82, 2.24) is 19.8 Å². The minimum absolute atomic E-state index is 0.123. The van der Waals surface area contributed by atoms with Gasteiger partial charge in [0.15, 0.2) is 0 Å². The van der Waals surface area contributed by atoms with Crippen LogP contribution in [0.5, 0.6) is 0 Å². The molecular weight excluding hydrogens is 420 g/mol. The lowest BCUT2D eigenvalue weighted by molar-refractivity contribution is -0.131. The predicted molar refractivity (Wildman–Crippen MR) is 121 cm³/mol. The Kier molecular flexibility index (Phi) is 6.26. The highest BCUT2D eigenvalue weighted by molar-refractivity contribution is 5.97. The van der Waals surface area contributed by atoms with E-state index < -0.39 is 23.8 Å². The summed E-state index contributed by atoms with van der Waals surface area (Å²) in [5.74, 6) is -1.56. The van der Waals surface area contributed by atoms with E-state index in [1.54, 1.807) is 42.6 Å². The molecule has 2 aromatic heterocycles. The van der Waals surface area contributed by atoms with Crippen LogP contribution < -0.4 is 5.32 Å². The van der Waals surface area contributed by atoms with Gasteiger partial charge in [0.25, 0.3) is 5.91 Å². The van der Waals surface area contributed by atoms with Crippen LogP contribution in [-0.2, 0) is 9.59 Å². The van der Waals surface area contributed by atoms with Crippen molar-refractivity contribution in [3.05, 3.63) is 66.5 Å². The van der Waals surface area contributed by atoms with Crippen LogP contribution in [0, 0.1) is 17.2 Å². The molecule has 1 N–H and O–H groups in total. The number of carbonyl (C=O) groups is 3. The zero-order valence-corrected chi connectivity index (χ0v) is 18.0. The number of para-hydroxylation sites is 1. The van der Waals surface area contributed by atoms with Crippen LogP contribution in [0.3, 0.4) is 0 Å². The Bertz CT molecular complexity index is 1240. The molecule has 33 heavy (non-hydrogen) atoms. The quantitative estimate of drug-likeness (QED) is 0.646. The predicted octanol–water partition coefficient (Wildman–Crippen LogP) is 2.08. The Balaban J connectivity index is 1.40. The van der Waals surface area contributed by atoms with Crippen LogP contribution in [0.4, 0.5) is 5.69 Å². The molecule has 1 saturated heterocycles. The SMILES string of the molecule is CN(CC(=O)N1CC(C(=O)Nc2ccccc2)CC1C#N)C(=O)c1ccc2ncccc2n1. The first kappa shape index (κ1) is 21.9. The molecule has 0 saturated carbocycles. The number of nitrogens with one attached hydrogen (secondary N) is 1. The minimum Gasteiger partial charge on any atom is -0.331 e. The first-order valence-corrected chi connectivity index (χ1v) is 10.5. The topological polar surface area (TPSA) is 119 Å². The van der Waals surface area contributed by atoms with Gasteiger partial charge in [-0.3, -0.25) is 19.4 Å². The smallest absolute Gasteiger partial charge is 0.272 e. The van der Waals surface area contributed by atoms with E-state index in [0.29, 0.717) is 16.7 Å². The summed E-state index contributed by atoms with van der Waals surface area (Å²) < 4.78 is 0. The summed E-state index contributed by atoms with van der Waals surface area (Å²) in [6.45, 7) is -0.103. The monoisotopic (exact) mass is 442 g/mol. The maximum absolute atomic E-state index is 12.9. The van der Waals surface area contributed by atoms with Gasteiger partial charge in [-0.15, -0.1) is 0 Å². The summed E-state index contributed by atoms with van der Waals surface area (Å²) in [5, 5.41) is 12.3. The number of amides is 3. The molecule has 3 heterocycles. The number of likely N-dealkylation sites (N-methyl/N-ethyl adjacent to an activating group) is 1. The molecule has 1 aliphatic heterocycles. The molecule has 3 aromatic rings. The van der Waals surface area contributed by atoms with Gasteiger partial charge in [0.2, 0.25) is 11.8 Å². The molecule has 0 aliphatic carbocycles. The number of nitriles is 1. The number of anilines is 1. The molecule has 166 valence electrons. The highest BCUT2D eigenvalue weighted by atomic mass is 16.2. The number of benzene rings is 1. The average Bonchev–Trinajstić information content (AvgIpc) is 3.29. The van der Waals surface area contributed by atoms with Crippen LogP contribution in [0.1, 0.15) is 16.9 Å². The Morgan fingerprint density at radius 1 is 1.12 bits per heavy atom. The van der Waals surface area contributed by atoms with E-state index in [2.05, 4.69) is 21.4 Å². The number of rotatable bonds is 5. The Hall–Kier alpha value is -4.32. The summed E-state index contributed by atoms with van der Waals surface area (Å²) in [7, 11) is 1.51. The first-order chi connectivity index (χ1) is 16.0. The highest BCUT2D eigenvalue weighted by Crippen LogP contribution is 2.25. The van der Waals surface area contributed by atoms with Gasteiger partial charge in [0.05, 0.1) is 29.6 Å². The normalized spacial score (nSPS) is 17.4. The standard InChI is InChI=1S/C24H22N6O3/c1-29(24(33)21-10-9-19-20(28-21)8-5-11-26-19)15-22(31)30-14-16(12-18(30)13-25)23(32)27-17-6-3-2-4-7-17/h2-11,16,18H,12,14-15H2,1H3,(H,27,32). The number of hydrogen-bond acceptors (Lipinski definition) is 6. The molecular formula is C24H22N6O3. The largest absolute Gasteiger partial charge is 0.331 e. The lowest BCUT2D eigenvalue weighted by atomic mass is 10.1. The second-order valence-corrected chi connectivity index (χ2v) is 7.88. The number of likely N-dealkylation sites (tertiary alicyclic amines) is 1. The van der Waals surface area contributed by atoms with Crippen LogP contribution in [0.25, 0.3) is 11.0 Å².